The van der Waals surface area contributed by atoms with Crippen molar-refractivity contribution in [2.45, 2.75) is 71.0 Å². The molecule has 1 saturated heterocycles. The minimum Gasteiger partial charge on any atom is -0.444 e. The summed E-state index contributed by atoms with van der Waals surface area (Å²) in [5, 5.41) is 7.33. The Labute approximate surface area is 195 Å². The summed E-state index contributed by atoms with van der Waals surface area (Å²) in [7, 11) is 0. The molecular weight excluding hydrogens is 456 g/mol. The monoisotopic (exact) mass is 484 g/mol. The number of carbonyl (C=O) groups is 1. The van der Waals surface area contributed by atoms with Crippen molar-refractivity contribution in [2.75, 3.05) is 18.5 Å². The highest BCUT2D eigenvalue weighted by Gasteiger charge is 2.36. The predicted octanol–water partition coefficient (Wildman–Crippen LogP) is 5.78. The van der Waals surface area contributed by atoms with Crippen molar-refractivity contribution in [2.24, 2.45) is 0 Å². The normalized spacial score (nSPS) is 19.0. The van der Waals surface area contributed by atoms with Gasteiger partial charge in [-0.05, 0) is 64.7 Å². The largest absolute Gasteiger partial charge is 0.444 e. The number of anilines is 2. The molecule has 34 heavy (non-hydrogen) atoms. The zero-order valence-corrected chi connectivity index (χ0v) is 19.3. The lowest BCUT2D eigenvalue weighted by atomic mass is 10.1. The van der Waals surface area contributed by atoms with Crippen molar-refractivity contribution in [3.05, 3.63) is 40.8 Å². The summed E-state index contributed by atoms with van der Waals surface area (Å²) in [6.45, 7) is 6.40. The maximum absolute atomic E-state index is 13.6. The Morgan fingerprint density at radius 1 is 1.24 bits per heavy atom. The number of ether oxygens (including phenoxy) is 2. The summed E-state index contributed by atoms with van der Waals surface area (Å²) < 4.78 is 67.2. The molecule has 1 fully saturated rings. The summed E-state index contributed by atoms with van der Waals surface area (Å²) in [5.41, 5.74) is -0.682. The smallest absolute Gasteiger partial charge is 0.418 e. The molecule has 0 aliphatic carbocycles. The van der Waals surface area contributed by atoms with Gasteiger partial charge in [0.05, 0.1) is 23.5 Å². The van der Waals surface area contributed by atoms with E-state index in [0.717, 1.165) is 25.0 Å². The summed E-state index contributed by atoms with van der Waals surface area (Å²) in [5.74, 6) is -0.737. The van der Waals surface area contributed by atoms with E-state index in [9.17, 15) is 22.4 Å². The lowest BCUT2D eigenvalue weighted by Crippen LogP contribution is -2.40. The van der Waals surface area contributed by atoms with Gasteiger partial charge in [0.25, 0.3) is 0 Å². The van der Waals surface area contributed by atoms with Gasteiger partial charge in [0.2, 0.25) is 0 Å². The number of hydrogen-bond donors (Lipinski definition) is 1. The Balaban J connectivity index is 1.69. The fourth-order valence-electron chi connectivity index (χ4n) is 4.17. The van der Waals surface area contributed by atoms with Crippen LogP contribution in [-0.4, -0.2) is 39.5 Å². The maximum atomic E-state index is 13.6. The highest BCUT2D eigenvalue weighted by molar-refractivity contribution is 5.70. The van der Waals surface area contributed by atoms with Crippen LogP contribution in [0.15, 0.2) is 18.2 Å². The summed E-state index contributed by atoms with van der Waals surface area (Å²) in [6.07, 6.45) is -2.69. The topological polar surface area (TPSA) is 68.6 Å². The lowest BCUT2D eigenvalue weighted by Gasteiger charge is -2.32. The minimum atomic E-state index is -4.74. The van der Waals surface area contributed by atoms with Crippen LogP contribution in [0.3, 0.4) is 0 Å². The fourth-order valence-corrected chi connectivity index (χ4v) is 4.17. The third-order valence-corrected chi connectivity index (χ3v) is 5.71. The fraction of sp³-hybridized carbons (Fsp3) is 0.565. The van der Waals surface area contributed by atoms with Crippen LogP contribution >= 0.6 is 0 Å². The van der Waals surface area contributed by atoms with Gasteiger partial charge in [-0.2, -0.15) is 18.3 Å². The third-order valence-electron chi connectivity index (χ3n) is 5.71. The molecule has 1 N–H and O–H groups in total. The molecule has 1 amide bonds. The van der Waals surface area contributed by atoms with Gasteiger partial charge in [0.15, 0.2) is 12.0 Å². The predicted molar refractivity (Wildman–Crippen MR) is 116 cm³/mol. The van der Waals surface area contributed by atoms with Crippen molar-refractivity contribution in [3.8, 4) is 0 Å². The Morgan fingerprint density at radius 3 is 2.65 bits per heavy atom. The van der Waals surface area contributed by atoms with Gasteiger partial charge in [-0.25, -0.2) is 13.9 Å². The van der Waals surface area contributed by atoms with Gasteiger partial charge in [0, 0.05) is 18.7 Å². The lowest BCUT2D eigenvalue weighted by molar-refractivity contribution is -0.137. The first-order valence-electron chi connectivity index (χ1n) is 11.3. The van der Waals surface area contributed by atoms with E-state index in [1.807, 2.05) is 0 Å². The van der Waals surface area contributed by atoms with E-state index in [2.05, 4.69) is 10.4 Å². The second-order valence-electron chi connectivity index (χ2n) is 9.50. The average molecular weight is 484 g/mol. The van der Waals surface area contributed by atoms with Gasteiger partial charge in [0.1, 0.15) is 11.4 Å². The Morgan fingerprint density at radius 2 is 2.00 bits per heavy atom. The van der Waals surface area contributed by atoms with E-state index >= 15 is 0 Å². The Hall–Kier alpha value is -2.82. The van der Waals surface area contributed by atoms with Crippen LogP contribution in [0.2, 0.25) is 0 Å². The molecule has 0 spiro atoms. The molecule has 1 aromatic heterocycles. The van der Waals surface area contributed by atoms with Crippen molar-refractivity contribution in [3.63, 3.8) is 0 Å². The summed E-state index contributed by atoms with van der Waals surface area (Å²) in [4.78, 5) is 14.2. The molecule has 4 rings (SSSR count). The van der Waals surface area contributed by atoms with Crippen LogP contribution in [0.4, 0.5) is 33.9 Å². The van der Waals surface area contributed by atoms with Crippen molar-refractivity contribution in [1.29, 1.82) is 0 Å². The van der Waals surface area contributed by atoms with Crippen LogP contribution in [0.25, 0.3) is 0 Å². The standard InChI is InChI=1S/C23H28F4N4O3/c1-22(2,3)34-21(32)30-10-9-15-18(13-30)31(19-6-4-5-11-33-19)29-20(15)28-17-8-7-14(24)12-16(17)23(25,26)27/h7-8,12,19H,4-6,9-11,13H2,1-3H3,(H,28,29). The molecule has 0 bridgehead atoms. The number of halogens is 4. The average Bonchev–Trinajstić information content (AvgIpc) is 3.11. The number of hydrogen-bond acceptors (Lipinski definition) is 5. The van der Waals surface area contributed by atoms with E-state index in [1.54, 1.807) is 30.4 Å². The second kappa shape index (κ2) is 9.09. The number of amides is 1. The van der Waals surface area contributed by atoms with E-state index < -0.39 is 29.3 Å². The van der Waals surface area contributed by atoms with Crippen LogP contribution in [-0.2, 0) is 28.6 Å². The van der Waals surface area contributed by atoms with Gasteiger partial charge in [-0.1, -0.05) is 0 Å². The van der Waals surface area contributed by atoms with E-state index in [0.29, 0.717) is 43.3 Å². The van der Waals surface area contributed by atoms with Crippen LogP contribution in [0.1, 0.15) is 63.1 Å². The molecule has 0 radical (unpaired) electrons. The van der Waals surface area contributed by atoms with E-state index in [1.165, 1.54) is 0 Å². The highest BCUT2D eigenvalue weighted by atomic mass is 19.4. The SMILES string of the molecule is CC(C)(C)OC(=O)N1CCc2c(Nc3ccc(F)cc3C(F)(F)F)nn(C3CCCCO3)c2C1. The molecule has 186 valence electrons. The Kier molecular flexibility index (Phi) is 6.50. The molecule has 1 unspecified atom stereocenters. The first kappa shape index (κ1) is 24.3. The molecule has 1 aromatic carbocycles. The molecule has 2 aromatic rings. The van der Waals surface area contributed by atoms with Gasteiger partial charge in [-0.3, -0.25) is 0 Å². The van der Waals surface area contributed by atoms with E-state index in [-0.39, 0.29) is 24.3 Å². The number of nitrogens with zero attached hydrogens (tertiary/aromatic N) is 3. The number of carbonyl (C=O) groups excluding carboxylic acids is 1. The third kappa shape index (κ3) is 5.29. The number of rotatable bonds is 3. The van der Waals surface area contributed by atoms with Crippen molar-refractivity contribution < 1.29 is 31.8 Å². The van der Waals surface area contributed by atoms with Gasteiger partial charge >= 0.3 is 12.3 Å². The van der Waals surface area contributed by atoms with Crippen LogP contribution in [0.5, 0.6) is 0 Å². The summed E-state index contributed by atoms with van der Waals surface area (Å²) >= 11 is 0. The number of benzene rings is 1. The molecular formula is C23H28F4N4O3. The molecule has 0 saturated carbocycles. The van der Waals surface area contributed by atoms with Crippen LogP contribution in [0, 0.1) is 5.82 Å². The summed E-state index contributed by atoms with van der Waals surface area (Å²) in [6, 6.07) is 2.48. The Bertz CT molecular complexity index is 1060. The van der Waals surface area contributed by atoms with Crippen LogP contribution < -0.4 is 5.32 Å². The highest BCUT2D eigenvalue weighted by Crippen LogP contribution is 2.39. The number of nitrogens with one attached hydrogen (secondary N) is 1. The maximum Gasteiger partial charge on any atom is 0.418 e. The van der Waals surface area contributed by atoms with Crippen molar-refractivity contribution >= 4 is 17.6 Å². The molecule has 3 heterocycles. The molecule has 7 nitrogen and oxygen atoms in total. The van der Waals surface area contributed by atoms with Crippen molar-refractivity contribution in [1.82, 2.24) is 14.7 Å². The molecule has 2 aliphatic heterocycles. The number of aromatic nitrogens is 2. The molecule has 1 atom stereocenters. The first-order valence-corrected chi connectivity index (χ1v) is 11.3. The van der Waals surface area contributed by atoms with Gasteiger partial charge < -0.3 is 19.7 Å². The zero-order chi connectivity index (χ0) is 24.7. The molecule has 2 aliphatic rings. The van der Waals surface area contributed by atoms with Gasteiger partial charge in [-0.15, -0.1) is 0 Å². The zero-order valence-electron chi connectivity index (χ0n) is 19.3. The van der Waals surface area contributed by atoms with E-state index in [4.69, 9.17) is 9.47 Å². The molecule has 11 heteroatoms. The first-order chi connectivity index (χ1) is 15.9. The number of fused-ring (bicyclic) bond motifs is 1. The second-order valence-corrected chi connectivity index (χ2v) is 9.50. The minimum absolute atomic E-state index is 0.189. The quantitative estimate of drug-likeness (QED) is 0.560. The number of alkyl halides is 3.